The van der Waals surface area contributed by atoms with Crippen LogP contribution in [0.15, 0.2) is 30.3 Å². The number of likely N-dealkylation sites (tertiary alicyclic amines) is 1. The Labute approximate surface area is 108 Å². The van der Waals surface area contributed by atoms with E-state index in [4.69, 9.17) is 5.11 Å². The van der Waals surface area contributed by atoms with E-state index in [9.17, 15) is 18.0 Å². The van der Waals surface area contributed by atoms with E-state index in [2.05, 4.69) is 0 Å². The SMILES string of the molecule is CC(C(=O)O)(N1CC(c2ccccc2)C1)C(F)(F)F. The Hall–Kier alpha value is -1.56. The average molecular weight is 273 g/mol. The number of alkyl halides is 3. The molecule has 1 aliphatic rings. The fourth-order valence-corrected chi connectivity index (χ4v) is 2.22. The van der Waals surface area contributed by atoms with Gasteiger partial charge in [-0.15, -0.1) is 0 Å². The number of halogens is 3. The van der Waals surface area contributed by atoms with Crippen molar-refractivity contribution in [2.24, 2.45) is 0 Å². The Kier molecular flexibility index (Phi) is 3.30. The van der Waals surface area contributed by atoms with E-state index in [0.717, 1.165) is 17.4 Å². The number of carbonyl (C=O) groups is 1. The number of benzene rings is 1. The van der Waals surface area contributed by atoms with Gasteiger partial charge in [-0.25, -0.2) is 4.79 Å². The second-order valence-corrected chi connectivity index (χ2v) is 4.89. The van der Waals surface area contributed by atoms with Crippen LogP contribution in [0.2, 0.25) is 0 Å². The highest BCUT2D eigenvalue weighted by Crippen LogP contribution is 2.41. The van der Waals surface area contributed by atoms with Crippen LogP contribution >= 0.6 is 0 Å². The summed E-state index contributed by atoms with van der Waals surface area (Å²) in [5.41, 5.74) is -1.87. The van der Waals surface area contributed by atoms with Gasteiger partial charge in [0.15, 0.2) is 0 Å². The summed E-state index contributed by atoms with van der Waals surface area (Å²) in [5, 5.41) is 8.90. The van der Waals surface area contributed by atoms with Crippen LogP contribution in [0.3, 0.4) is 0 Å². The summed E-state index contributed by atoms with van der Waals surface area (Å²) >= 11 is 0. The van der Waals surface area contributed by atoms with Crippen molar-refractivity contribution in [3.63, 3.8) is 0 Å². The first-order chi connectivity index (χ1) is 8.76. The predicted octanol–water partition coefficient (Wildman–Crippen LogP) is 2.49. The Balaban J connectivity index is 2.12. The smallest absolute Gasteiger partial charge is 0.417 e. The number of nitrogens with zero attached hydrogens (tertiary/aromatic N) is 1. The molecule has 1 unspecified atom stereocenters. The summed E-state index contributed by atoms with van der Waals surface area (Å²) in [4.78, 5) is 11.9. The van der Waals surface area contributed by atoms with Crippen molar-refractivity contribution in [1.29, 1.82) is 0 Å². The van der Waals surface area contributed by atoms with E-state index in [-0.39, 0.29) is 19.0 Å². The first-order valence-corrected chi connectivity index (χ1v) is 5.87. The van der Waals surface area contributed by atoms with Crippen molar-refractivity contribution in [2.75, 3.05) is 13.1 Å². The normalized spacial score (nSPS) is 20.6. The quantitative estimate of drug-likeness (QED) is 0.919. The van der Waals surface area contributed by atoms with Crippen LogP contribution < -0.4 is 0 Å². The van der Waals surface area contributed by atoms with Gasteiger partial charge >= 0.3 is 12.1 Å². The summed E-state index contributed by atoms with van der Waals surface area (Å²) in [7, 11) is 0. The Morgan fingerprint density at radius 2 is 1.79 bits per heavy atom. The van der Waals surface area contributed by atoms with Crippen molar-refractivity contribution in [3.8, 4) is 0 Å². The molecule has 2 rings (SSSR count). The lowest BCUT2D eigenvalue weighted by Gasteiger charge is -2.48. The maximum atomic E-state index is 12.9. The van der Waals surface area contributed by atoms with Gasteiger partial charge in [-0.05, 0) is 12.5 Å². The summed E-state index contributed by atoms with van der Waals surface area (Å²) in [6, 6.07) is 9.15. The Morgan fingerprint density at radius 3 is 2.21 bits per heavy atom. The molecule has 0 bridgehead atoms. The highest BCUT2D eigenvalue weighted by Gasteiger charge is 2.63. The molecule has 3 nitrogen and oxygen atoms in total. The molecule has 1 heterocycles. The van der Waals surface area contributed by atoms with Crippen LogP contribution in [0.1, 0.15) is 18.4 Å². The third-order valence-electron chi connectivity index (χ3n) is 3.75. The highest BCUT2D eigenvalue weighted by molar-refractivity contribution is 5.79. The number of carboxylic acid groups (broad SMARTS) is 1. The predicted molar refractivity (Wildman–Crippen MR) is 62.9 cm³/mol. The maximum Gasteiger partial charge on any atom is 0.417 e. The van der Waals surface area contributed by atoms with Gasteiger partial charge in [0.25, 0.3) is 0 Å². The van der Waals surface area contributed by atoms with E-state index >= 15 is 0 Å². The van der Waals surface area contributed by atoms with E-state index in [1.54, 1.807) is 0 Å². The third-order valence-corrected chi connectivity index (χ3v) is 3.75. The number of hydrogen-bond donors (Lipinski definition) is 1. The second-order valence-electron chi connectivity index (χ2n) is 4.89. The molecule has 1 fully saturated rings. The molecule has 0 aromatic heterocycles. The van der Waals surface area contributed by atoms with Crippen LogP contribution in [0.25, 0.3) is 0 Å². The minimum absolute atomic E-state index is 0.0396. The Morgan fingerprint density at radius 1 is 1.26 bits per heavy atom. The van der Waals surface area contributed by atoms with Crippen LogP contribution in [-0.2, 0) is 4.79 Å². The monoisotopic (exact) mass is 273 g/mol. The summed E-state index contributed by atoms with van der Waals surface area (Å²) < 4.78 is 38.8. The van der Waals surface area contributed by atoms with Crippen molar-refractivity contribution < 1.29 is 23.1 Å². The van der Waals surface area contributed by atoms with Gasteiger partial charge in [0.05, 0.1) is 0 Å². The molecule has 0 spiro atoms. The molecule has 104 valence electrons. The first kappa shape index (κ1) is 13.9. The number of carboxylic acids is 1. The lowest BCUT2D eigenvalue weighted by Crippen LogP contribution is -2.67. The van der Waals surface area contributed by atoms with Gasteiger partial charge in [-0.2, -0.15) is 13.2 Å². The fraction of sp³-hybridized carbons (Fsp3) is 0.462. The van der Waals surface area contributed by atoms with Crippen LogP contribution in [0, 0.1) is 0 Å². The number of hydrogen-bond acceptors (Lipinski definition) is 2. The summed E-state index contributed by atoms with van der Waals surface area (Å²) in [6.45, 7) is 0.926. The van der Waals surface area contributed by atoms with Gasteiger partial charge in [-0.3, -0.25) is 4.90 Å². The lowest BCUT2D eigenvalue weighted by molar-refractivity contribution is -0.242. The van der Waals surface area contributed by atoms with Crippen molar-refractivity contribution >= 4 is 5.97 Å². The molecule has 1 N–H and O–H groups in total. The second kappa shape index (κ2) is 4.52. The van der Waals surface area contributed by atoms with Gasteiger partial charge in [0, 0.05) is 19.0 Å². The Bertz CT molecular complexity index is 469. The van der Waals surface area contributed by atoms with Gasteiger partial charge in [0.1, 0.15) is 0 Å². The number of aliphatic carboxylic acids is 1. The maximum absolute atomic E-state index is 12.9. The molecule has 0 radical (unpaired) electrons. The van der Waals surface area contributed by atoms with Gasteiger partial charge < -0.3 is 5.11 Å². The van der Waals surface area contributed by atoms with E-state index in [1.807, 2.05) is 30.3 Å². The molecule has 0 amide bonds. The molecule has 1 aliphatic heterocycles. The summed E-state index contributed by atoms with van der Waals surface area (Å²) in [5.74, 6) is -1.89. The van der Waals surface area contributed by atoms with Crippen LogP contribution in [-0.4, -0.2) is 40.8 Å². The van der Waals surface area contributed by atoms with E-state index in [0.29, 0.717) is 0 Å². The van der Waals surface area contributed by atoms with Crippen molar-refractivity contribution in [1.82, 2.24) is 4.90 Å². The molecule has 1 atom stereocenters. The standard InChI is InChI=1S/C13H14F3NO2/c1-12(11(18)19,13(14,15)16)17-7-10(8-17)9-5-3-2-4-6-9/h2-6,10H,7-8H2,1H3,(H,18,19). The molecule has 0 saturated carbocycles. The van der Waals surface area contributed by atoms with Gasteiger partial charge in [-0.1, -0.05) is 30.3 Å². The zero-order valence-electron chi connectivity index (χ0n) is 10.3. The van der Waals surface area contributed by atoms with E-state index < -0.39 is 17.7 Å². The minimum atomic E-state index is -4.79. The molecule has 19 heavy (non-hydrogen) atoms. The molecule has 1 aromatic rings. The largest absolute Gasteiger partial charge is 0.480 e. The van der Waals surface area contributed by atoms with Crippen LogP contribution in [0.4, 0.5) is 13.2 Å². The summed E-state index contributed by atoms with van der Waals surface area (Å²) in [6.07, 6.45) is -4.79. The molecular formula is C13H14F3NO2. The third kappa shape index (κ3) is 2.20. The average Bonchev–Trinajstić information content (AvgIpc) is 2.26. The lowest BCUT2D eigenvalue weighted by atomic mass is 9.85. The van der Waals surface area contributed by atoms with E-state index in [1.165, 1.54) is 0 Å². The highest BCUT2D eigenvalue weighted by atomic mass is 19.4. The molecule has 1 saturated heterocycles. The minimum Gasteiger partial charge on any atom is -0.480 e. The number of rotatable bonds is 3. The molecule has 6 heteroatoms. The zero-order chi connectivity index (χ0) is 14.3. The fourth-order valence-electron chi connectivity index (χ4n) is 2.22. The molecule has 1 aromatic carbocycles. The first-order valence-electron chi connectivity index (χ1n) is 5.87. The van der Waals surface area contributed by atoms with Crippen molar-refractivity contribution in [2.45, 2.75) is 24.6 Å². The van der Waals surface area contributed by atoms with Crippen molar-refractivity contribution in [3.05, 3.63) is 35.9 Å². The molecule has 0 aliphatic carbocycles. The topological polar surface area (TPSA) is 40.5 Å². The van der Waals surface area contributed by atoms with Crippen LogP contribution in [0.5, 0.6) is 0 Å². The van der Waals surface area contributed by atoms with Gasteiger partial charge in [0.2, 0.25) is 5.54 Å². The zero-order valence-corrected chi connectivity index (χ0v) is 10.3. The molecular weight excluding hydrogens is 259 g/mol.